The number of hydrogen-bond acceptors (Lipinski definition) is 4. The van der Waals surface area contributed by atoms with E-state index in [-0.39, 0.29) is 10.8 Å². The highest BCUT2D eigenvalue weighted by Crippen LogP contribution is 2.16. The fourth-order valence-corrected chi connectivity index (χ4v) is 2.80. The van der Waals surface area contributed by atoms with Crippen LogP contribution in [0.4, 0.5) is 0 Å². The summed E-state index contributed by atoms with van der Waals surface area (Å²) in [4.78, 5) is 14.0. The molecule has 5 nitrogen and oxygen atoms in total. The molecular weight excluding hydrogens is 266 g/mol. The summed E-state index contributed by atoms with van der Waals surface area (Å²) in [5.74, 6) is -0.168. The Hall–Kier alpha value is -1.40. The first kappa shape index (κ1) is 14.0. The molecular formula is C13H17NO4S. The van der Waals surface area contributed by atoms with Crippen molar-refractivity contribution in [3.05, 3.63) is 29.8 Å². The van der Waals surface area contributed by atoms with E-state index in [1.54, 1.807) is 4.90 Å². The van der Waals surface area contributed by atoms with Gasteiger partial charge in [0.25, 0.3) is 5.91 Å². The summed E-state index contributed by atoms with van der Waals surface area (Å²) < 4.78 is 22.7. The third-order valence-corrected chi connectivity index (χ3v) is 4.34. The summed E-state index contributed by atoms with van der Waals surface area (Å²) >= 11 is 0. The van der Waals surface area contributed by atoms with Gasteiger partial charge in [0.15, 0.2) is 9.84 Å². The van der Waals surface area contributed by atoms with Crippen molar-refractivity contribution in [2.45, 2.75) is 23.8 Å². The molecule has 104 valence electrons. The van der Waals surface area contributed by atoms with Crippen molar-refractivity contribution in [2.24, 2.45) is 0 Å². The molecule has 1 aromatic carbocycles. The van der Waals surface area contributed by atoms with Crippen molar-refractivity contribution >= 4 is 15.7 Å². The minimum atomic E-state index is -3.24. The first-order valence-electron chi connectivity index (χ1n) is 6.15. The van der Waals surface area contributed by atoms with Crippen molar-refractivity contribution < 1.29 is 18.3 Å². The molecule has 19 heavy (non-hydrogen) atoms. The predicted octanol–water partition coefficient (Wildman–Crippen LogP) is 0.687. The van der Waals surface area contributed by atoms with Crippen molar-refractivity contribution in [1.82, 2.24) is 4.90 Å². The SMILES string of the molecule is CS(=O)(=O)c1ccc(C(=O)N2CCCC(O)C2)cc1. The molecule has 1 N–H and O–H groups in total. The van der Waals surface area contributed by atoms with E-state index in [4.69, 9.17) is 0 Å². The number of sulfone groups is 1. The van der Waals surface area contributed by atoms with Gasteiger partial charge in [-0.25, -0.2) is 8.42 Å². The molecule has 0 bridgehead atoms. The van der Waals surface area contributed by atoms with Crippen molar-refractivity contribution in [3.8, 4) is 0 Å². The van der Waals surface area contributed by atoms with E-state index in [0.29, 0.717) is 18.7 Å². The minimum absolute atomic E-state index is 0.168. The number of benzene rings is 1. The van der Waals surface area contributed by atoms with Crippen LogP contribution in [0.2, 0.25) is 0 Å². The zero-order valence-electron chi connectivity index (χ0n) is 10.7. The van der Waals surface area contributed by atoms with Gasteiger partial charge in [-0.3, -0.25) is 4.79 Å². The first-order valence-corrected chi connectivity index (χ1v) is 8.04. The van der Waals surface area contributed by atoms with E-state index in [1.807, 2.05) is 0 Å². The van der Waals surface area contributed by atoms with Crippen LogP contribution in [0, 0.1) is 0 Å². The molecule has 6 heteroatoms. The van der Waals surface area contributed by atoms with Crippen LogP contribution in [-0.2, 0) is 9.84 Å². The van der Waals surface area contributed by atoms with Gasteiger partial charge in [-0.2, -0.15) is 0 Å². The third-order valence-electron chi connectivity index (χ3n) is 3.21. The maximum atomic E-state index is 12.2. The summed E-state index contributed by atoms with van der Waals surface area (Å²) in [5, 5.41) is 9.55. The van der Waals surface area contributed by atoms with Crippen molar-refractivity contribution in [1.29, 1.82) is 0 Å². The Labute approximate surface area is 112 Å². The summed E-state index contributed by atoms with van der Waals surface area (Å²) in [6, 6.07) is 5.89. The molecule has 1 atom stereocenters. The Morgan fingerprint density at radius 1 is 1.32 bits per heavy atom. The highest BCUT2D eigenvalue weighted by Gasteiger charge is 2.23. The Morgan fingerprint density at radius 3 is 2.47 bits per heavy atom. The van der Waals surface area contributed by atoms with Crippen LogP contribution in [0.15, 0.2) is 29.2 Å². The van der Waals surface area contributed by atoms with Gasteiger partial charge >= 0.3 is 0 Å². The highest BCUT2D eigenvalue weighted by atomic mass is 32.2. The summed E-state index contributed by atoms with van der Waals surface area (Å²) in [5.41, 5.74) is 0.446. The number of carbonyl (C=O) groups is 1. The molecule has 1 aliphatic heterocycles. The van der Waals surface area contributed by atoms with E-state index >= 15 is 0 Å². The average molecular weight is 283 g/mol. The van der Waals surface area contributed by atoms with Crippen LogP contribution < -0.4 is 0 Å². The number of hydrogen-bond donors (Lipinski definition) is 1. The summed E-state index contributed by atoms with van der Waals surface area (Å²) in [7, 11) is -3.24. The van der Waals surface area contributed by atoms with E-state index in [2.05, 4.69) is 0 Å². The second-order valence-electron chi connectivity index (χ2n) is 4.84. The summed E-state index contributed by atoms with van der Waals surface area (Å²) in [6.45, 7) is 0.969. The Kier molecular flexibility index (Phi) is 3.91. The topological polar surface area (TPSA) is 74.7 Å². The van der Waals surface area contributed by atoms with Gasteiger partial charge in [-0.1, -0.05) is 0 Å². The fourth-order valence-electron chi connectivity index (χ4n) is 2.17. The number of amides is 1. The third kappa shape index (κ3) is 3.33. The number of rotatable bonds is 2. The van der Waals surface area contributed by atoms with Crippen LogP contribution in [0.3, 0.4) is 0 Å². The molecule has 0 aliphatic carbocycles. The van der Waals surface area contributed by atoms with Gasteiger partial charge in [-0.05, 0) is 37.1 Å². The van der Waals surface area contributed by atoms with Gasteiger partial charge in [0.05, 0.1) is 11.0 Å². The molecule has 1 aromatic rings. The lowest BCUT2D eigenvalue weighted by Gasteiger charge is -2.30. The van der Waals surface area contributed by atoms with Gasteiger partial charge in [-0.15, -0.1) is 0 Å². The number of aliphatic hydroxyl groups is 1. The van der Waals surface area contributed by atoms with Crippen LogP contribution in [0.1, 0.15) is 23.2 Å². The van der Waals surface area contributed by atoms with E-state index in [9.17, 15) is 18.3 Å². The van der Waals surface area contributed by atoms with E-state index in [0.717, 1.165) is 19.1 Å². The van der Waals surface area contributed by atoms with E-state index in [1.165, 1.54) is 24.3 Å². The predicted molar refractivity (Wildman–Crippen MR) is 70.7 cm³/mol. The molecule has 0 radical (unpaired) electrons. The Morgan fingerprint density at radius 2 is 1.95 bits per heavy atom. The lowest BCUT2D eigenvalue weighted by Crippen LogP contribution is -2.42. The molecule has 2 rings (SSSR count). The van der Waals surface area contributed by atoms with Crippen molar-refractivity contribution in [2.75, 3.05) is 19.3 Å². The smallest absolute Gasteiger partial charge is 0.253 e. The lowest BCUT2D eigenvalue weighted by molar-refractivity contribution is 0.0473. The Balaban J connectivity index is 2.16. The summed E-state index contributed by atoms with van der Waals surface area (Å²) in [6.07, 6.45) is 2.17. The molecule has 0 spiro atoms. The normalized spacial score (nSPS) is 20.3. The second-order valence-corrected chi connectivity index (χ2v) is 6.86. The maximum absolute atomic E-state index is 12.2. The zero-order valence-corrected chi connectivity index (χ0v) is 11.6. The highest BCUT2D eigenvalue weighted by molar-refractivity contribution is 7.90. The van der Waals surface area contributed by atoms with Crippen LogP contribution in [0.5, 0.6) is 0 Å². The van der Waals surface area contributed by atoms with Gasteiger partial charge in [0.1, 0.15) is 0 Å². The maximum Gasteiger partial charge on any atom is 0.253 e. The van der Waals surface area contributed by atoms with Crippen LogP contribution in [0.25, 0.3) is 0 Å². The molecule has 0 saturated carbocycles. The number of piperidine rings is 1. The minimum Gasteiger partial charge on any atom is -0.391 e. The van der Waals surface area contributed by atoms with Gasteiger partial charge in [0, 0.05) is 24.9 Å². The fraction of sp³-hybridized carbons (Fsp3) is 0.462. The standard InChI is InChI=1S/C13H17NO4S/c1-19(17,18)12-6-4-10(5-7-12)13(16)14-8-2-3-11(15)9-14/h4-7,11,15H,2-3,8-9H2,1H3. The largest absolute Gasteiger partial charge is 0.391 e. The average Bonchev–Trinajstić information content (AvgIpc) is 2.37. The lowest BCUT2D eigenvalue weighted by atomic mass is 10.1. The molecule has 0 aromatic heterocycles. The Bertz CT molecular complexity index is 565. The number of nitrogens with zero attached hydrogens (tertiary/aromatic N) is 1. The number of β-amino-alcohol motifs (C(OH)–C–C–N with tert-alkyl or cyclic N) is 1. The number of likely N-dealkylation sites (tertiary alicyclic amines) is 1. The van der Waals surface area contributed by atoms with E-state index < -0.39 is 15.9 Å². The number of aliphatic hydroxyl groups excluding tert-OH is 1. The first-order chi connectivity index (χ1) is 8.88. The monoisotopic (exact) mass is 283 g/mol. The van der Waals surface area contributed by atoms with Gasteiger partial charge in [0.2, 0.25) is 0 Å². The molecule has 1 fully saturated rings. The van der Waals surface area contributed by atoms with Gasteiger partial charge < -0.3 is 10.0 Å². The quantitative estimate of drug-likeness (QED) is 0.866. The molecule has 1 aliphatic rings. The zero-order chi connectivity index (χ0) is 14.0. The second kappa shape index (κ2) is 5.30. The van der Waals surface area contributed by atoms with Crippen LogP contribution >= 0.6 is 0 Å². The molecule has 1 heterocycles. The number of carbonyl (C=O) groups excluding carboxylic acids is 1. The molecule has 1 amide bonds. The molecule has 1 saturated heterocycles. The van der Waals surface area contributed by atoms with Crippen molar-refractivity contribution in [3.63, 3.8) is 0 Å². The molecule has 1 unspecified atom stereocenters. The van der Waals surface area contributed by atoms with Crippen LogP contribution in [-0.4, -0.2) is 49.8 Å².